The summed E-state index contributed by atoms with van der Waals surface area (Å²) in [5.74, 6) is 0. The Balaban J connectivity index is 2.76. The zero-order valence-corrected chi connectivity index (χ0v) is 11.5. The van der Waals surface area contributed by atoms with Gasteiger partial charge in [-0.3, -0.25) is 9.78 Å². The first kappa shape index (κ1) is 13.2. The summed E-state index contributed by atoms with van der Waals surface area (Å²) in [6, 6.07) is 10.2. The molecule has 2 nitrogen and oxygen atoms in total. The van der Waals surface area contributed by atoms with Gasteiger partial charge in [0.2, 0.25) is 0 Å². The first-order chi connectivity index (χ1) is 9.15. The van der Waals surface area contributed by atoms with E-state index in [4.69, 9.17) is 0 Å². The summed E-state index contributed by atoms with van der Waals surface area (Å²) in [6.07, 6.45) is 4.15. The van der Waals surface area contributed by atoms with Gasteiger partial charge in [-0.15, -0.1) is 0 Å². The molecule has 0 aliphatic rings. The number of carbonyl (C=O) groups is 1. The van der Waals surface area contributed by atoms with Crippen LogP contribution < -0.4 is 0 Å². The maximum Gasteiger partial charge on any atom is 0.142 e. The lowest BCUT2D eigenvalue weighted by molar-refractivity contribution is -0.104. The van der Waals surface area contributed by atoms with Crippen LogP contribution in [0.25, 0.3) is 17.2 Å². The lowest BCUT2D eigenvalue weighted by Crippen LogP contribution is -1.99. The lowest BCUT2D eigenvalue weighted by Gasteiger charge is -2.15. The lowest BCUT2D eigenvalue weighted by atomic mass is 9.93. The van der Waals surface area contributed by atoms with Crippen molar-refractivity contribution in [2.45, 2.75) is 20.8 Å². The summed E-state index contributed by atoms with van der Waals surface area (Å²) in [5, 5.41) is 0. The fourth-order valence-electron chi connectivity index (χ4n) is 2.28. The van der Waals surface area contributed by atoms with Gasteiger partial charge in [0.1, 0.15) is 6.29 Å². The van der Waals surface area contributed by atoms with Gasteiger partial charge in [-0.2, -0.15) is 0 Å². The average Bonchev–Trinajstić information content (AvgIpc) is 2.42. The van der Waals surface area contributed by atoms with Crippen molar-refractivity contribution < 1.29 is 4.79 Å². The van der Waals surface area contributed by atoms with Crippen molar-refractivity contribution in [1.82, 2.24) is 4.98 Å². The van der Waals surface area contributed by atoms with E-state index in [0.29, 0.717) is 0 Å². The van der Waals surface area contributed by atoms with Gasteiger partial charge in [0.25, 0.3) is 0 Å². The number of rotatable bonds is 3. The van der Waals surface area contributed by atoms with Gasteiger partial charge >= 0.3 is 0 Å². The molecule has 0 bridgehead atoms. The normalized spacial score (nSPS) is 10.9. The van der Waals surface area contributed by atoms with Crippen LogP contribution in [0.5, 0.6) is 0 Å². The van der Waals surface area contributed by atoms with Crippen LogP contribution in [0.3, 0.4) is 0 Å². The number of benzene rings is 1. The van der Waals surface area contributed by atoms with Gasteiger partial charge in [0, 0.05) is 17.0 Å². The van der Waals surface area contributed by atoms with Crippen molar-refractivity contribution in [2.75, 3.05) is 0 Å². The zero-order valence-electron chi connectivity index (χ0n) is 11.5. The number of allylic oxidation sites excluding steroid dienone is 1. The largest absolute Gasteiger partial charge is 0.299 e. The minimum Gasteiger partial charge on any atom is -0.299 e. The third-order valence-electron chi connectivity index (χ3n) is 3.32. The van der Waals surface area contributed by atoms with Crippen LogP contribution in [0.4, 0.5) is 0 Å². The van der Waals surface area contributed by atoms with E-state index in [-0.39, 0.29) is 0 Å². The highest BCUT2D eigenvalue weighted by Crippen LogP contribution is 2.31. The molecule has 0 fully saturated rings. The van der Waals surface area contributed by atoms with Crippen LogP contribution in [-0.4, -0.2) is 11.3 Å². The predicted octanol–water partition coefficient (Wildman–Crippen LogP) is 3.89. The molecule has 0 N–H and O–H groups in total. The first-order valence-corrected chi connectivity index (χ1v) is 6.30. The summed E-state index contributed by atoms with van der Waals surface area (Å²) in [7, 11) is 0. The maximum absolute atomic E-state index is 10.6. The molecule has 2 heteroatoms. The Hall–Kier alpha value is -2.22. The number of pyridine rings is 1. The third kappa shape index (κ3) is 2.63. The second-order valence-electron chi connectivity index (χ2n) is 4.56. The van der Waals surface area contributed by atoms with E-state index < -0.39 is 0 Å². The molecule has 96 valence electrons. The van der Waals surface area contributed by atoms with Crippen molar-refractivity contribution in [3.05, 3.63) is 58.9 Å². The predicted molar refractivity (Wildman–Crippen MR) is 79.0 cm³/mol. The molecule has 0 aliphatic heterocycles. The Kier molecular flexibility index (Phi) is 3.91. The molecule has 0 unspecified atom stereocenters. The Morgan fingerprint density at radius 1 is 1.00 bits per heavy atom. The second kappa shape index (κ2) is 5.61. The van der Waals surface area contributed by atoms with Crippen LogP contribution in [0, 0.1) is 20.8 Å². The van der Waals surface area contributed by atoms with E-state index >= 15 is 0 Å². The Bertz CT molecular complexity index is 627. The topological polar surface area (TPSA) is 30.0 Å². The Labute approximate surface area is 113 Å². The summed E-state index contributed by atoms with van der Waals surface area (Å²) in [5.41, 5.74) is 6.45. The maximum atomic E-state index is 10.6. The van der Waals surface area contributed by atoms with Crippen LogP contribution in [0.15, 0.2) is 36.4 Å². The van der Waals surface area contributed by atoms with E-state index in [9.17, 15) is 4.79 Å². The molecule has 0 spiro atoms. The molecule has 1 aromatic heterocycles. The highest BCUT2D eigenvalue weighted by atomic mass is 16.1. The quantitative estimate of drug-likeness (QED) is 0.612. The van der Waals surface area contributed by atoms with Crippen LogP contribution in [0.1, 0.15) is 22.5 Å². The van der Waals surface area contributed by atoms with Gasteiger partial charge in [-0.25, -0.2) is 0 Å². The standard InChI is InChI=1S/C17H17NO/c1-12-13(2)18-14(3)16(10-7-11-19)17(12)15-8-5-4-6-9-15/h4-11H,1-3H3/b10-7+. The summed E-state index contributed by atoms with van der Waals surface area (Å²) in [6.45, 7) is 6.06. The molecule has 0 aliphatic carbocycles. The van der Waals surface area contributed by atoms with Crippen LogP contribution in [0.2, 0.25) is 0 Å². The highest BCUT2D eigenvalue weighted by Gasteiger charge is 2.12. The number of nitrogens with zero attached hydrogens (tertiary/aromatic N) is 1. The van der Waals surface area contributed by atoms with Gasteiger partial charge in [0.05, 0.1) is 0 Å². The van der Waals surface area contributed by atoms with Crippen molar-refractivity contribution in [1.29, 1.82) is 0 Å². The molecule has 1 heterocycles. The molecular weight excluding hydrogens is 234 g/mol. The van der Waals surface area contributed by atoms with Crippen LogP contribution >= 0.6 is 0 Å². The number of aryl methyl sites for hydroxylation is 2. The van der Waals surface area contributed by atoms with E-state index in [2.05, 4.69) is 24.0 Å². The van der Waals surface area contributed by atoms with E-state index in [1.807, 2.05) is 38.1 Å². The van der Waals surface area contributed by atoms with Crippen molar-refractivity contribution in [3.8, 4) is 11.1 Å². The fourth-order valence-corrected chi connectivity index (χ4v) is 2.28. The summed E-state index contributed by atoms with van der Waals surface area (Å²) < 4.78 is 0. The van der Waals surface area contributed by atoms with Crippen molar-refractivity contribution in [2.24, 2.45) is 0 Å². The molecule has 0 atom stereocenters. The number of aldehydes is 1. The van der Waals surface area contributed by atoms with E-state index in [1.54, 1.807) is 0 Å². The molecule has 0 saturated heterocycles. The van der Waals surface area contributed by atoms with Gasteiger partial charge in [-0.05, 0) is 49.6 Å². The first-order valence-electron chi connectivity index (χ1n) is 6.30. The molecule has 2 aromatic rings. The Morgan fingerprint density at radius 2 is 1.68 bits per heavy atom. The minimum absolute atomic E-state index is 0.795. The van der Waals surface area contributed by atoms with Gasteiger partial charge < -0.3 is 0 Å². The molecule has 1 aromatic carbocycles. The number of carbonyl (C=O) groups excluding carboxylic acids is 1. The van der Waals surface area contributed by atoms with E-state index in [1.165, 1.54) is 6.08 Å². The molecule has 0 radical (unpaired) electrons. The van der Waals surface area contributed by atoms with Gasteiger partial charge in [-0.1, -0.05) is 30.3 Å². The fraction of sp³-hybridized carbons (Fsp3) is 0.176. The zero-order chi connectivity index (χ0) is 13.8. The average molecular weight is 251 g/mol. The molecule has 2 rings (SSSR count). The molecule has 19 heavy (non-hydrogen) atoms. The minimum atomic E-state index is 0.795. The number of aromatic nitrogens is 1. The Morgan fingerprint density at radius 3 is 2.32 bits per heavy atom. The smallest absolute Gasteiger partial charge is 0.142 e. The number of hydrogen-bond acceptors (Lipinski definition) is 2. The number of hydrogen-bond donors (Lipinski definition) is 0. The molecule has 0 saturated carbocycles. The van der Waals surface area contributed by atoms with Crippen molar-refractivity contribution in [3.63, 3.8) is 0 Å². The van der Waals surface area contributed by atoms with Crippen molar-refractivity contribution >= 4 is 12.4 Å². The van der Waals surface area contributed by atoms with Crippen LogP contribution in [-0.2, 0) is 4.79 Å². The third-order valence-corrected chi connectivity index (χ3v) is 3.32. The van der Waals surface area contributed by atoms with E-state index in [0.717, 1.165) is 39.9 Å². The highest BCUT2D eigenvalue weighted by molar-refractivity contribution is 5.83. The summed E-state index contributed by atoms with van der Waals surface area (Å²) >= 11 is 0. The second-order valence-corrected chi connectivity index (χ2v) is 4.56. The molecule has 0 amide bonds. The monoisotopic (exact) mass is 251 g/mol. The van der Waals surface area contributed by atoms with Gasteiger partial charge in [0.15, 0.2) is 0 Å². The molecular formula is C17H17NO. The SMILES string of the molecule is Cc1nc(C)c(/C=C/C=O)c(-c2ccccc2)c1C. The summed E-state index contributed by atoms with van der Waals surface area (Å²) in [4.78, 5) is 15.1.